The molecule has 0 spiro atoms. The van der Waals surface area contributed by atoms with E-state index < -0.39 is 0 Å². The van der Waals surface area contributed by atoms with Gasteiger partial charge in [-0.25, -0.2) is 0 Å². The Kier molecular flexibility index (Phi) is 10.6. The lowest BCUT2D eigenvalue weighted by Crippen LogP contribution is -2.15. The minimum atomic E-state index is 0.634. The van der Waals surface area contributed by atoms with Crippen molar-refractivity contribution in [1.82, 2.24) is 5.32 Å². The first-order valence-electron chi connectivity index (χ1n) is 3.61. The summed E-state index contributed by atoms with van der Waals surface area (Å²) in [6.07, 6.45) is 0. The maximum Gasteiger partial charge on any atom is 0.0276 e. The number of aliphatic imine (C=N–C) groups is 1. The van der Waals surface area contributed by atoms with Gasteiger partial charge in [0.25, 0.3) is 0 Å². The van der Waals surface area contributed by atoms with Crippen molar-refractivity contribution in [2.45, 2.75) is 33.7 Å². The summed E-state index contributed by atoms with van der Waals surface area (Å²) in [6, 6.07) is 0.634. The highest BCUT2D eigenvalue weighted by molar-refractivity contribution is 5.78. The van der Waals surface area contributed by atoms with Gasteiger partial charge < -0.3 is 5.32 Å². The molecule has 2 nitrogen and oxygen atoms in total. The zero-order valence-corrected chi connectivity index (χ0v) is 8.02. The molecule has 0 amide bonds. The third-order valence-corrected chi connectivity index (χ3v) is 1.02. The van der Waals surface area contributed by atoms with Gasteiger partial charge in [0.05, 0.1) is 0 Å². The SMILES string of the molecule is CN=C(C)C.CNC(C)C. The Hall–Kier alpha value is -0.370. The largest absolute Gasteiger partial charge is 0.318 e. The van der Waals surface area contributed by atoms with Crippen molar-refractivity contribution < 1.29 is 0 Å². The molecule has 0 aliphatic heterocycles. The van der Waals surface area contributed by atoms with E-state index in [9.17, 15) is 0 Å². The molecule has 0 aliphatic rings. The van der Waals surface area contributed by atoms with Crippen molar-refractivity contribution in [1.29, 1.82) is 0 Å². The highest BCUT2D eigenvalue weighted by atomic mass is 14.8. The van der Waals surface area contributed by atoms with Crippen LogP contribution in [0.25, 0.3) is 0 Å². The Morgan fingerprint density at radius 1 is 1.30 bits per heavy atom. The normalized spacial score (nSPS) is 8.30. The van der Waals surface area contributed by atoms with E-state index in [-0.39, 0.29) is 0 Å². The number of nitrogens with one attached hydrogen (secondary N) is 1. The Morgan fingerprint density at radius 3 is 1.50 bits per heavy atom. The molecule has 0 radical (unpaired) electrons. The van der Waals surface area contributed by atoms with E-state index in [1.807, 2.05) is 20.9 Å². The average Bonchev–Trinajstić information content (AvgIpc) is 1.89. The summed E-state index contributed by atoms with van der Waals surface area (Å²) in [4.78, 5) is 3.81. The van der Waals surface area contributed by atoms with E-state index in [4.69, 9.17) is 0 Å². The highest BCUT2D eigenvalue weighted by Crippen LogP contribution is 1.66. The van der Waals surface area contributed by atoms with Gasteiger partial charge in [-0.05, 0) is 20.9 Å². The minimum absolute atomic E-state index is 0.634. The predicted octanol–water partition coefficient (Wildman–Crippen LogP) is 1.71. The van der Waals surface area contributed by atoms with Crippen LogP contribution in [-0.4, -0.2) is 25.8 Å². The van der Waals surface area contributed by atoms with Crippen LogP contribution in [-0.2, 0) is 0 Å². The molecule has 0 unspecified atom stereocenters. The van der Waals surface area contributed by atoms with E-state index in [2.05, 4.69) is 24.2 Å². The molecular weight excluding hydrogens is 124 g/mol. The first-order valence-corrected chi connectivity index (χ1v) is 3.61. The van der Waals surface area contributed by atoms with Crippen LogP contribution in [0.5, 0.6) is 0 Å². The molecule has 0 atom stereocenters. The second kappa shape index (κ2) is 8.63. The molecular formula is C8H20N2. The van der Waals surface area contributed by atoms with E-state index in [1.165, 1.54) is 0 Å². The molecule has 0 aliphatic carbocycles. The van der Waals surface area contributed by atoms with Gasteiger partial charge in [0, 0.05) is 18.8 Å². The average molecular weight is 144 g/mol. The second-order valence-electron chi connectivity index (χ2n) is 2.61. The first-order chi connectivity index (χ1) is 4.54. The predicted molar refractivity (Wildman–Crippen MR) is 48.9 cm³/mol. The Morgan fingerprint density at radius 2 is 1.50 bits per heavy atom. The topological polar surface area (TPSA) is 24.4 Å². The van der Waals surface area contributed by atoms with E-state index >= 15 is 0 Å². The van der Waals surface area contributed by atoms with Crippen LogP contribution < -0.4 is 5.32 Å². The van der Waals surface area contributed by atoms with Crippen LogP contribution in [0.1, 0.15) is 27.7 Å². The lowest BCUT2D eigenvalue weighted by Gasteiger charge is -1.95. The van der Waals surface area contributed by atoms with E-state index in [0.29, 0.717) is 6.04 Å². The van der Waals surface area contributed by atoms with Gasteiger partial charge >= 0.3 is 0 Å². The van der Waals surface area contributed by atoms with Crippen LogP contribution in [0.4, 0.5) is 0 Å². The van der Waals surface area contributed by atoms with E-state index in [0.717, 1.165) is 5.71 Å². The third kappa shape index (κ3) is 25.5. The fourth-order valence-corrected chi connectivity index (χ4v) is 0. The van der Waals surface area contributed by atoms with Crippen LogP contribution >= 0.6 is 0 Å². The fraction of sp³-hybridized carbons (Fsp3) is 0.875. The van der Waals surface area contributed by atoms with Crippen molar-refractivity contribution in [2.75, 3.05) is 14.1 Å². The van der Waals surface area contributed by atoms with Gasteiger partial charge in [0.15, 0.2) is 0 Å². The smallest absolute Gasteiger partial charge is 0.0276 e. The molecule has 10 heavy (non-hydrogen) atoms. The third-order valence-electron chi connectivity index (χ3n) is 1.02. The number of nitrogens with zero attached hydrogens (tertiary/aromatic N) is 1. The number of hydrogen-bond acceptors (Lipinski definition) is 2. The summed E-state index contributed by atoms with van der Waals surface area (Å²) in [5, 5.41) is 3.03. The summed E-state index contributed by atoms with van der Waals surface area (Å²) in [6.45, 7) is 8.17. The standard InChI is InChI=1S/C4H11N.C4H9N/c2*1-4(2)5-3/h4-5H,1-3H3;1-3H3. The molecule has 1 N–H and O–H groups in total. The Bertz CT molecular complexity index is 81.3. The summed E-state index contributed by atoms with van der Waals surface area (Å²) in [5.41, 5.74) is 1.13. The zero-order valence-electron chi connectivity index (χ0n) is 8.02. The molecule has 0 aromatic heterocycles. The fourth-order valence-electron chi connectivity index (χ4n) is 0. The Balaban J connectivity index is 0. The first kappa shape index (κ1) is 12.3. The van der Waals surface area contributed by atoms with Gasteiger partial charge in [0.2, 0.25) is 0 Å². The quantitative estimate of drug-likeness (QED) is 0.557. The molecule has 0 aromatic rings. The minimum Gasteiger partial charge on any atom is -0.318 e. The number of rotatable bonds is 1. The van der Waals surface area contributed by atoms with Crippen LogP contribution in [0, 0.1) is 0 Å². The maximum absolute atomic E-state index is 3.81. The summed E-state index contributed by atoms with van der Waals surface area (Å²) in [5.74, 6) is 0. The van der Waals surface area contributed by atoms with Gasteiger partial charge in [0.1, 0.15) is 0 Å². The molecule has 2 heteroatoms. The summed E-state index contributed by atoms with van der Waals surface area (Å²) < 4.78 is 0. The summed E-state index contributed by atoms with van der Waals surface area (Å²) in [7, 11) is 3.74. The van der Waals surface area contributed by atoms with E-state index in [1.54, 1.807) is 7.05 Å². The van der Waals surface area contributed by atoms with Crippen molar-refractivity contribution in [3.05, 3.63) is 0 Å². The van der Waals surface area contributed by atoms with Crippen LogP contribution in [0.2, 0.25) is 0 Å². The van der Waals surface area contributed by atoms with Crippen molar-refractivity contribution >= 4 is 5.71 Å². The molecule has 0 heterocycles. The lowest BCUT2D eigenvalue weighted by molar-refractivity contribution is 0.668. The molecule has 0 rings (SSSR count). The second-order valence-corrected chi connectivity index (χ2v) is 2.61. The molecule has 0 bridgehead atoms. The highest BCUT2D eigenvalue weighted by Gasteiger charge is 1.76. The lowest BCUT2D eigenvalue weighted by atomic mass is 10.4. The van der Waals surface area contributed by atoms with Gasteiger partial charge in [-0.15, -0.1) is 0 Å². The van der Waals surface area contributed by atoms with Gasteiger partial charge in [-0.2, -0.15) is 0 Å². The monoisotopic (exact) mass is 144 g/mol. The van der Waals surface area contributed by atoms with Gasteiger partial charge in [-0.1, -0.05) is 13.8 Å². The molecule has 62 valence electrons. The Labute approximate surface area is 64.7 Å². The summed E-state index contributed by atoms with van der Waals surface area (Å²) >= 11 is 0. The van der Waals surface area contributed by atoms with Crippen molar-refractivity contribution in [3.63, 3.8) is 0 Å². The zero-order chi connectivity index (χ0) is 8.57. The molecule has 0 saturated carbocycles. The molecule has 0 fully saturated rings. The van der Waals surface area contributed by atoms with Gasteiger partial charge in [-0.3, -0.25) is 4.99 Å². The van der Waals surface area contributed by atoms with Crippen LogP contribution in [0.3, 0.4) is 0 Å². The number of hydrogen-bond donors (Lipinski definition) is 1. The van der Waals surface area contributed by atoms with Crippen molar-refractivity contribution in [2.24, 2.45) is 4.99 Å². The molecule has 0 aromatic carbocycles. The molecule has 0 saturated heterocycles. The van der Waals surface area contributed by atoms with Crippen molar-refractivity contribution in [3.8, 4) is 0 Å². The maximum atomic E-state index is 3.81. The van der Waals surface area contributed by atoms with Crippen LogP contribution in [0.15, 0.2) is 4.99 Å².